The molecule has 4 heterocycles. The molecule has 4 rings (SSSR count). The highest BCUT2D eigenvalue weighted by Gasteiger charge is 2.36. The molecule has 0 radical (unpaired) electrons. The molecule has 0 aromatic carbocycles. The summed E-state index contributed by atoms with van der Waals surface area (Å²) in [6.07, 6.45) is 2.59. The number of carbonyl (C=O) groups excluding carboxylic acids is 3. The number of amides is 4. The van der Waals surface area contributed by atoms with Crippen molar-refractivity contribution in [3.05, 3.63) is 17.8 Å². The number of hydrogen-bond donors (Lipinski definition) is 4. The minimum absolute atomic E-state index is 0.0136. The van der Waals surface area contributed by atoms with Crippen LogP contribution in [0.1, 0.15) is 38.8 Å². The number of H-pyrrole nitrogens is 1. The van der Waals surface area contributed by atoms with Crippen LogP contribution in [0.25, 0.3) is 11.3 Å². The first-order valence-electron chi connectivity index (χ1n) is 11.7. The molecule has 2 atom stereocenters. The lowest BCUT2D eigenvalue weighted by Crippen LogP contribution is -2.49. The second-order valence-electron chi connectivity index (χ2n) is 9.40. The van der Waals surface area contributed by atoms with E-state index in [-0.39, 0.29) is 30.6 Å². The summed E-state index contributed by atoms with van der Waals surface area (Å²) < 4.78 is 1.88. The van der Waals surface area contributed by atoms with E-state index < -0.39 is 11.8 Å². The van der Waals surface area contributed by atoms with E-state index in [1.54, 1.807) is 25.8 Å². The summed E-state index contributed by atoms with van der Waals surface area (Å²) in [6, 6.07) is 3.41. The molecular weight excluding hydrogens is 450 g/mol. The van der Waals surface area contributed by atoms with Gasteiger partial charge in [-0.3, -0.25) is 14.3 Å². The highest BCUT2D eigenvalue weighted by molar-refractivity contribution is 6.39. The number of anilines is 2. The van der Waals surface area contributed by atoms with Crippen LogP contribution < -0.4 is 16.0 Å². The quantitative estimate of drug-likeness (QED) is 0.386. The lowest BCUT2D eigenvalue weighted by Gasteiger charge is -2.39. The fourth-order valence-corrected chi connectivity index (χ4v) is 4.60. The monoisotopic (exact) mass is 481 g/mol. The Bertz CT molecular complexity index is 1180. The third-order valence-electron chi connectivity index (χ3n) is 6.45. The number of aromatic amines is 1. The van der Waals surface area contributed by atoms with Crippen LogP contribution in [-0.2, 0) is 16.1 Å². The van der Waals surface area contributed by atoms with Gasteiger partial charge in [-0.2, -0.15) is 10.4 Å². The lowest BCUT2D eigenvalue weighted by atomic mass is 9.92. The van der Waals surface area contributed by atoms with Gasteiger partial charge in [0.15, 0.2) is 5.82 Å². The molecule has 0 saturated carbocycles. The molecule has 2 aliphatic rings. The molecule has 35 heavy (non-hydrogen) atoms. The predicted octanol–water partition coefficient (Wildman–Crippen LogP) is 1.73. The van der Waals surface area contributed by atoms with Crippen LogP contribution in [0.4, 0.5) is 16.4 Å². The Morgan fingerprint density at radius 1 is 1.34 bits per heavy atom. The van der Waals surface area contributed by atoms with Crippen LogP contribution in [0.15, 0.2) is 12.3 Å². The zero-order valence-corrected chi connectivity index (χ0v) is 20.4. The number of nitrogens with one attached hydrogen (secondary N) is 4. The largest absolute Gasteiger partial charge is 0.367 e. The fourth-order valence-electron chi connectivity index (χ4n) is 4.60. The van der Waals surface area contributed by atoms with Crippen LogP contribution in [0.3, 0.4) is 0 Å². The van der Waals surface area contributed by atoms with Gasteiger partial charge in [-0.05, 0) is 32.3 Å². The molecule has 2 aromatic rings. The van der Waals surface area contributed by atoms with E-state index in [0.29, 0.717) is 25.5 Å². The number of rotatable bonds is 4. The molecule has 12 nitrogen and oxygen atoms in total. The van der Waals surface area contributed by atoms with E-state index in [4.69, 9.17) is 10.4 Å². The van der Waals surface area contributed by atoms with Gasteiger partial charge in [0.1, 0.15) is 12.4 Å². The minimum atomic E-state index is -0.780. The topological polar surface area (TPSA) is 151 Å². The first-order chi connectivity index (χ1) is 16.7. The molecule has 4 N–H and O–H groups in total. The number of aromatic nitrogens is 3. The van der Waals surface area contributed by atoms with E-state index in [2.05, 4.69) is 27.9 Å². The predicted molar refractivity (Wildman–Crippen MR) is 129 cm³/mol. The third-order valence-corrected chi connectivity index (χ3v) is 6.45. The molecule has 0 spiro atoms. The molecule has 1 saturated heterocycles. The van der Waals surface area contributed by atoms with Crippen LogP contribution in [0.2, 0.25) is 0 Å². The van der Waals surface area contributed by atoms with Gasteiger partial charge in [-0.25, -0.2) is 4.79 Å². The van der Waals surface area contributed by atoms with E-state index >= 15 is 0 Å². The summed E-state index contributed by atoms with van der Waals surface area (Å²) >= 11 is 0. The highest BCUT2D eigenvalue weighted by Crippen LogP contribution is 2.42. The maximum atomic E-state index is 12.9. The van der Waals surface area contributed by atoms with Gasteiger partial charge < -0.3 is 30.7 Å². The number of nitrogens with zero attached hydrogens (tertiary/aromatic N) is 5. The number of fused-ring (bicyclic) bond motifs is 3. The number of piperidine rings is 1. The van der Waals surface area contributed by atoms with Crippen molar-refractivity contribution in [3.8, 4) is 17.3 Å². The van der Waals surface area contributed by atoms with Gasteiger partial charge >= 0.3 is 17.8 Å². The molecule has 12 heteroatoms. The number of urea groups is 1. The van der Waals surface area contributed by atoms with E-state index in [9.17, 15) is 14.4 Å². The Hall–Kier alpha value is -4.01. The number of likely N-dealkylation sites (tertiary alicyclic amines) is 1. The van der Waals surface area contributed by atoms with Crippen LogP contribution >= 0.6 is 0 Å². The van der Waals surface area contributed by atoms with Gasteiger partial charge in [0.05, 0.1) is 17.8 Å². The highest BCUT2D eigenvalue weighted by atomic mass is 16.2. The molecule has 2 aliphatic heterocycles. The summed E-state index contributed by atoms with van der Waals surface area (Å²) in [5.74, 6) is -0.135. The Morgan fingerprint density at radius 3 is 2.83 bits per heavy atom. The number of carbonyl (C=O) groups is 3. The van der Waals surface area contributed by atoms with E-state index in [1.807, 2.05) is 23.0 Å². The van der Waals surface area contributed by atoms with Crippen molar-refractivity contribution >= 4 is 29.5 Å². The number of nitriles is 1. The first kappa shape index (κ1) is 24.1. The second kappa shape index (κ2) is 9.69. The summed E-state index contributed by atoms with van der Waals surface area (Å²) in [5, 5.41) is 22.3. The average Bonchev–Trinajstić information content (AvgIpc) is 3.43. The SMILES string of the molecule is CC(C)NC(=O)C(=O)Nc1nn([C@H]2CN(C(=O)N(C)CC#N)CC[C@H]2C)c2c1CNc1[nH]ccc1-2. The van der Waals surface area contributed by atoms with Crippen LogP contribution in [-0.4, -0.2) is 75.1 Å². The molecule has 1 fully saturated rings. The Morgan fingerprint density at radius 2 is 2.11 bits per heavy atom. The summed E-state index contributed by atoms with van der Waals surface area (Å²) in [6.45, 7) is 7.12. The number of hydrogen-bond acceptors (Lipinski definition) is 6. The first-order valence-corrected chi connectivity index (χ1v) is 11.7. The maximum absolute atomic E-state index is 12.9. The van der Waals surface area contributed by atoms with Gasteiger partial charge in [0.2, 0.25) is 0 Å². The Labute approximate surface area is 203 Å². The van der Waals surface area contributed by atoms with Crippen molar-refractivity contribution in [1.29, 1.82) is 5.26 Å². The molecule has 186 valence electrons. The molecule has 0 aliphatic carbocycles. The van der Waals surface area contributed by atoms with Gasteiger partial charge in [-0.1, -0.05) is 6.92 Å². The molecule has 4 amide bonds. The summed E-state index contributed by atoms with van der Waals surface area (Å²) in [4.78, 5) is 44.0. The average molecular weight is 482 g/mol. The van der Waals surface area contributed by atoms with Crippen molar-refractivity contribution in [3.63, 3.8) is 0 Å². The third kappa shape index (κ3) is 4.66. The zero-order chi connectivity index (χ0) is 25.3. The minimum Gasteiger partial charge on any atom is -0.367 e. The van der Waals surface area contributed by atoms with Crippen molar-refractivity contribution in [2.24, 2.45) is 5.92 Å². The van der Waals surface area contributed by atoms with Crippen LogP contribution in [0, 0.1) is 17.2 Å². The molecular formula is C23H31N9O3. The molecule has 0 unspecified atom stereocenters. The molecule has 2 aromatic heterocycles. The molecule has 0 bridgehead atoms. The smallest absolute Gasteiger partial charge is 0.320 e. The van der Waals surface area contributed by atoms with Gasteiger partial charge in [-0.15, -0.1) is 0 Å². The fraction of sp³-hybridized carbons (Fsp3) is 0.522. The van der Waals surface area contributed by atoms with Crippen molar-refractivity contribution in [2.45, 2.75) is 45.8 Å². The standard InChI is InChI=1S/C23H31N9O3/c1-13(2)27-21(33)22(34)28-20-16-11-26-19-15(5-8-25-19)18(16)32(29-20)17-12-31(9-6-14(17)3)23(35)30(4)10-7-24/h5,8,13-14,17,25-26H,6,9-12H2,1-4H3,(H,27,33)(H,28,29,34)/t14-,17+/m1/s1. The summed E-state index contributed by atoms with van der Waals surface area (Å²) in [7, 11) is 1.61. The zero-order valence-electron chi connectivity index (χ0n) is 20.4. The van der Waals surface area contributed by atoms with E-state index in [1.165, 1.54) is 4.90 Å². The van der Waals surface area contributed by atoms with Gasteiger partial charge in [0.25, 0.3) is 0 Å². The Kier molecular flexibility index (Phi) is 6.68. The summed E-state index contributed by atoms with van der Waals surface area (Å²) in [5.41, 5.74) is 2.53. The normalized spacial score (nSPS) is 18.7. The lowest BCUT2D eigenvalue weighted by molar-refractivity contribution is -0.136. The van der Waals surface area contributed by atoms with Gasteiger partial charge in [0, 0.05) is 50.0 Å². The maximum Gasteiger partial charge on any atom is 0.320 e. The Balaban J connectivity index is 1.69. The van der Waals surface area contributed by atoms with Crippen molar-refractivity contribution in [1.82, 2.24) is 29.9 Å². The van der Waals surface area contributed by atoms with E-state index in [0.717, 1.165) is 29.1 Å². The van der Waals surface area contributed by atoms with Crippen LogP contribution in [0.5, 0.6) is 0 Å². The van der Waals surface area contributed by atoms with Crippen molar-refractivity contribution in [2.75, 3.05) is 37.3 Å². The van der Waals surface area contributed by atoms with Crippen molar-refractivity contribution < 1.29 is 14.4 Å². The second-order valence-corrected chi connectivity index (χ2v) is 9.40.